The van der Waals surface area contributed by atoms with E-state index in [-0.39, 0.29) is 12.1 Å². The smallest absolute Gasteiger partial charge is 0.254 e. The highest BCUT2D eigenvalue weighted by Crippen LogP contribution is 2.10. The molecular weight excluding hydrogens is 290 g/mol. The predicted molar refractivity (Wildman–Crippen MR) is 78.5 cm³/mol. The number of aryl methyl sites for hydroxylation is 1. The molecule has 0 aliphatic rings. The molecule has 2 N–H and O–H groups in total. The monoisotopic (exact) mass is 304 g/mol. The molecule has 2 rings (SSSR count). The third kappa shape index (κ3) is 4.12. The van der Waals surface area contributed by atoms with E-state index in [4.69, 9.17) is 0 Å². The van der Waals surface area contributed by atoms with Gasteiger partial charge in [0.15, 0.2) is 0 Å². The molecule has 0 aliphatic carbocycles. The molecule has 2 amide bonds. The van der Waals surface area contributed by atoms with Gasteiger partial charge in [-0.25, -0.2) is 8.78 Å². The second-order valence-electron chi connectivity index (χ2n) is 4.72. The summed E-state index contributed by atoms with van der Waals surface area (Å²) in [5, 5.41) is 4.89. The minimum Gasteiger partial charge on any atom is -0.343 e. The van der Waals surface area contributed by atoms with Crippen LogP contribution in [0.25, 0.3) is 0 Å². The number of hydrogen-bond acceptors (Lipinski definition) is 2. The first-order valence-electron chi connectivity index (χ1n) is 6.55. The number of rotatable bonds is 4. The summed E-state index contributed by atoms with van der Waals surface area (Å²) in [7, 11) is 0. The minimum atomic E-state index is -0.975. The van der Waals surface area contributed by atoms with Crippen molar-refractivity contribution in [1.29, 1.82) is 0 Å². The molecule has 0 spiro atoms. The zero-order chi connectivity index (χ0) is 16.1. The molecule has 0 saturated heterocycles. The van der Waals surface area contributed by atoms with Gasteiger partial charge in [0.05, 0.1) is 12.1 Å². The Morgan fingerprint density at radius 3 is 2.55 bits per heavy atom. The Morgan fingerprint density at radius 2 is 1.86 bits per heavy atom. The standard InChI is InChI=1S/C16H14F2N2O2/c1-10-3-2-4-12(7-10)20-15(21)9-19-16(22)13-6-5-11(17)8-14(13)18/h2-8H,9H2,1H3,(H,19,22)(H,20,21). The van der Waals surface area contributed by atoms with Gasteiger partial charge in [-0.05, 0) is 36.8 Å². The fourth-order valence-corrected chi connectivity index (χ4v) is 1.86. The molecule has 0 heterocycles. The number of halogens is 2. The van der Waals surface area contributed by atoms with E-state index in [1.165, 1.54) is 0 Å². The van der Waals surface area contributed by atoms with E-state index in [9.17, 15) is 18.4 Å². The summed E-state index contributed by atoms with van der Waals surface area (Å²) < 4.78 is 26.2. The van der Waals surface area contributed by atoms with Crippen molar-refractivity contribution in [3.05, 3.63) is 65.2 Å². The molecule has 6 heteroatoms. The van der Waals surface area contributed by atoms with Crippen molar-refractivity contribution in [3.8, 4) is 0 Å². The Kier molecular flexibility index (Phi) is 4.83. The number of anilines is 1. The van der Waals surface area contributed by atoms with E-state index in [2.05, 4.69) is 10.6 Å². The van der Waals surface area contributed by atoms with Crippen LogP contribution in [-0.2, 0) is 4.79 Å². The van der Waals surface area contributed by atoms with Crippen LogP contribution in [0.15, 0.2) is 42.5 Å². The maximum Gasteiger partial charge on any atom is 0.254 e. The summed E-state index contributed by atoms with van der Waals surface area (Å²) >= 11 is 0. The van der Waals surface area contributed by atoms with Crippen LogP contribution >= 0.6 is 0 Å². The molecular formula is C16H14F2N2O2. The first-order valence-corrected chi connectivity index (χ1v) is 6.55. The molecule has 0 fully saturated rings. The lowest BCUT2D eigenvalue weighted by Crippen LogP contribution is -2.33. The van der Waals surface area contributed by atoms with Gasteiger partial charge in [0.2, 0.25) is 5.91 Å². The summed E-state index contributed by atoms with van der Waals surface area (Å²) in [6, 6.07) is 9.78. The Bertz CT molecular complexity index is 717. The molecule has 0 saturated carbocycles. The van der Waals surface area contributed by atoms with Crippen LogP contribution < -0.4 is 10.6 Å². The number of carbonyl (C=O) groups excluding carboxylic acids is 2. The van der Waals surface area contributed by atoms with Crippen LogP contribution in [-0.4, -0.2) is 18.4 Å². The Morgan fingerprint density at radius 1 is 1.09 bits per heavy atom. The number of benzene rings is 2. The second-order valence-corrected chi connectivity index (χ2v) is 4.72. The van der Waals surface area contributed by atoms with Crippen molar-refractivity contribution in [2.45, 2.75) is 6.92 Å². The Labute approximate surface area is 126 Å². The highest BCUT2D eigenvalue weighted by atomic mass is 19.1. The third-order valence-electron chi connectivity index (χ3n) is 2.89. The highest BCUT2D eigenvalue weighted by Gasteiger charge is 2.13. The third-order valence-corrected chi connectivity index (χ3v) is 2.89. The fourth-order valence-electron chi connectivity index (χ4n) is 1.86. The van der Waals surface area contributed by atoms with Gasteiger partial charge in [0.1, 0.15) is 11.6 Å². The molecule has 0 radical (unpaired) electrons. The van der Waals surface area contributed by atoms with Gasteiger partial charge in [-0.3, -0.25) is 9.59 Å². The van der Waals surface area contributed by atoms with Gasteiger partial charge in [-0.1, -0.05) is 12.1 Å². The lowest BCUT2D eigenvalue weighted by molar-refractivity contribution is -0.115. The maximum absolute atomic E-state index is 13.4. The number of nitrogens with one attached hydrogen (secondary N) is 2. The van der Waals surface area contributed by atoms with Crippen LogP contribution in [0.5, 0.6) is 0 Å². The van der Waals surface area contributed by atoms with E-state index in [0.29, 0.717) is 11.8 Å². The predicted octanol–water partition coefficient (Wildman–Crippen LogP) is 2.64. The summed E-state index contributed by atoms with van der Waals surface area (Å²) in [6.45, 7) is 1.57. The number of carbonyl (C=O) groups is 2. The molecule has 114 valence electrons. The van der Waals surface area contributed by atoms with Gasteiger partial charge in [-0.15, -0.1) is 0 Å². The summed E-state index contributed by atoms with van der Waals surface area (Å²) in [4.78, 5) is 23.5. The van der Waals surface area contributed by atoms with Gasteiger partial charge >= 0.3 is 0 Å². The first kappa shape index (κ1) is 15.6. The van der Waals surface area contributed by atoms with Gasteiger partial charge < -0.3 is 10.6 Å². The molecule has 22 heavy (non-hydrogen) atoms. The summed E-state index contributed by atoms with van der Waals surface area (Å²) in [5.41, 5.74) is 1.27. The van der Waals surface area contributed by atoms with Crippen molar-refractivity contribution in [3.63, 3.8) is 0 Å². The van der Waals surface area contributed by atoms with Crippen molar-refractivity contribution in [2.75, 3.05) is 11.9 Å². The average molecular weight is 304 g/mol. The van der Waals surface area contributed by atoms with Crippen LogP contribution in [0.4, 0.5) is 14.5 Å². The summed E-state index contributed by atoms with van der Waals surface area (Å²) in [6.07, 6.45) is 0. The minimum absolute atomic E-state index is 0.315. The Balaban J connectivity index is 1.92. The molecule has 0 aromatic heterocycles. The van der Waals surface area contributed by atoms with Crippen LogP contribution in [0.2, 0.25) is 0 Å². The highest BCUT2D eigenvalue weighted by molar-refractivity contribution is 5.99. The van der Waals surface area contributed by atoms with Crippen molar-refractivity contribution in [2.24, 2.45) is 0 Å². The van der Waals surface area contributed by atoms with E-state index >= 15 is 0 Å². The lowest BCUT2D eigenvalue weighted by atomic mass is 10.2. The largest absolute Gasteiger partial charge is 0.343 e. The quantitative estimate of drug-likeness (QED) is 0.912. The normalized spacial score (nSPS) is 10.1. The second kappa shape index (κ2) is 6.80. The molecule has 0 bridgehead atoms. The van der Waals surface area contributed by atoms with Gasteiger partial charge in [0, 0.05) is 11.8 Å². The lowest BCUT2D eigenvalue weighted by Gasteiger charge is -2.08. The number of amides is 2. The zero-order valence-electron chi connectivity index (χ0n) is 11.8. The molecule has 4 nitrogen and oxygen atoms in total. The van der Waals surface area contributed by atoms with Crippen LogP contribution in [0, 0.1) is 18.6 Å². The van der Waals surface area contributed by atoms with Crippen molar-refractivity contribution < 1.29 is 18.4 Å². The topological polar surface area (TPSA) is 58.2 Å². The maximum atomic E-state index is 13.4. The average Bonchev–Trinajstić information content (AvgIpc) is 2.45. The molecule has 2 aromatic rings. The van der Waals surface area contributed by atoms with E-state index in [0.717, 1.165) is 17.7 Å². The number of hydrogen-bond donors (Lipinski definition) is 2. The van der Waals surface area contributed by atoms with Gasteiger partial charge in [0.25, 0.3) is 5.91 Å². The first-order chi connectivity index (χ1) is 10.5. The van der Waals surface area contributed by atoms with Crippen molar-refractivity contribution in [1.82, 2.24) is 5.32 Å². The molecule has 2 aromatic carbocycles. The van der Waals surface area contributed by atoms with E-state index < -0.39 is 23.4 Å². The summed E-state index contributed by atoms with van der Waals surface area (Å²) in [5.74, 6) is -2.97. The SMILES string of the molecule is Cc1cccc(NC(=O)CNC(=O)c2ccc(F)cc2F)c1. The Hall–Kier alpha value is -2.76. The molecule has 0 unspecified atom stereocenters. The van der Waals surface area contributed by atoms with Crippen LogP contribution in [0.3, 0.4) is 0 Å². The zero-order valence-corrected chi connectivity index (χ0v) is 11.8. The van der Waals surface area contributed by atoms with Crippen molar-refractivity contribution >= 4 is 17.5 Å². The van der Waals surface area contributed by atoms with E-state index in [1.54, 1.807) is 18.2 Å². The van der Waals surface area contributed by atoms with Crippen LogP contribution in [0.1, 0.15) is 15.9 Å². The molecule has 0 aliphatic heterocycles. The fraction of sp³-hybridized carbons (Fsp3) is 0.125. The van der Waals surface area contributed by atoms with Gasteiger partial charge in [-0.2, -0.15) is 0 Å². The van der Waals surface area contributed by atoms with E-state index in [1.807, 2.05) is 13.0 Å². The molecule has 0 atom stereocenters.